The summed E-state index contributed by atoms with van der Waals surface area (Å²) >= 11 is 3.20. The maximum absolute atomic E-state index is 12.7. The molecule has 2 heterocycles. The molecular formula is C17H23BrF3N3O. The van der Waals surface area contributed by atoms with Gasteiger partial charge in [-0.25, -0.2) is 4.98 Å². The van der Waals surface area contributed by atoms with Crippen LogP contribution in [0.4, 0.5) is 19.0 Å². The highest BCUT2D eigenvalue weighted by Crippen LogP contribution is 2.34. The van der Waals surface area contributed by atoms with Gasteiger partial charge in [0.1, 0.15) is 5.82 Å². The fourth-order valence-corrected chi connectivity index (χ4v) is 3.58. The van der Waals surface area contributed by atoms with Gasteiger partial charge in [0.15, 0.2) is 0 Å². The molecule has 1 amide bonds. The molecule has 0 N–H and O–H groups in total. The van der Waals surface area contributed by atoms with Crippen molar-refractivity contribution in [3.05, 3.63) is 22.3 Å². The zero-order chi connectivity index (χ0) is 19.0. The van der Waals surface area contributed by atoms with E-state index in [9.17, 15) is 18.0 Å². The van der Waals surface area contributed by atoms with Crippen molar-refractivity contribution in [2.24, 2.45) is 5.41 Å². The van der Waals surface area contributed by atoms with E-state index in [-0.39, 0.29) is 11.9 Å². The number of amides is 1. The van der Waals surface area contributed by atoms with E-state index < -0.39 is 17.2 Å². The normalized spacial score (nSPS) is 16.9. The van der Waals surface area contributed by atoms with Crippen LogP contribution in [0.1, 0.15) is 39.2 Å². The molecule has 8 heteroatoms. The number of carbonyl (C=O) groups excluding carboxylic acids is 1. The molecule has 0 saturated carbocycles. The summed E-state index contributed by atoms with van der Waals surface area (Å²) in [5.74, 6) is 0.607. The summed E-state index contributed by atoms with van der Waals surface area (Å²) in [4.78, 5) is 20.1. The molecule has 1 fully saturated rings. The van der Waals surface area contributed by atoms with Crippen molar-refractivity contribution in [3.8, 4) is 0 Å². The monoisotopic (exact) mass is 421 g/mol. The summed E-state index contributed by atoms with van der Waals surface area (Å²) in [6, 6.07) is 1.19. The zero-order valence-electron chi connectivity index (χ0n) is 14.8. The number of carbonyl (C=O) groups is 1. The van der Waals surface area contributed by atoms with Gasteiger partial charge in [-0.15, -0.1) is 0 Å². The van der Waals surface area contributed by atoms with E-state index in [1.165, 1.54) is 0 Å². The molecule has 0 bridgehead atoms. The molecule has 1 aromatic heterocycles. The number of piperidine rings is 1. The Labute approximate surface area is 154 Å². The second-order valence-electron chi connectivity index (χ2n) is 7.41. The molecule has 0 atom stereocenters. The lowest BCUT2D eigenvalue weighted by molar-refractivity contribution is -0.140. The number of halogens is 4. The first-order valence-electron chi connectivity index (χ1n) is 8.16. The lowest BCUT2D eigenvalue weighted by atomic mass is 9.92. The van der Waals surface area contributed by atoms with Gasteiger partial charge in [0.25, 0.3) is 0 Å². The lowest BCUT2D eigenvalue weighted by Gasteiger charge is -2.39. The Hall–Kier alpha value is -1.31. The van der Waals surface area contributed by atoms with Crippen molar-refractivity contribution >= 4 is 27.7 Å². The zero-order valence-corrected chi connectivity index (χ0v) is 16.4. The van der Waals surface area contributed by atoms with Crippen LogP contribution >= 0.6 is 15.9 Å². The molecule has 1 saturated heterocycles. The van der Waals surface area contributed by atoms with Crippen LogP contribution < -0.4 is 4.90 Å². The van der Waals surface area contributed by atoms with E-state index in [0.29, 0.717) is 23.4 Å². The number of rotatable bonds is 2. The van der Waals surface area contributed by atoms with Gasteiger partial charge in [0.2, 0.25) is 5.91 Å². The number of anilines is 1. The Bertz CT molecular complexity index is 635. The average molecular weight is 422 g/mol. The van der Waals surface area contributed by atoms with E-state index in [4.69, 9.17) is 0 Å². The van der Waals surface area contributed by atoms with Crippen LogP contribution in [-0.4, -0.2) is 42.0 Å². The minimum Gasteiger partial charge on any atom is -0.356 e. The Morgan fingerprint density at radius 3 is 2.28 bits per heavy atom. The topological polar surface area (TPSA) is 36.4 Å². The highest BCUT2D eigenvalue weighted by atomic mass is 79.9. The summed E-state index contributed by atoms with van der Waals surface area (Å²) in [6.07, 6.45) is -2.03. The SMILES string of the molecule is CN(C(=O)C(C)(C)C)C1CCN(c2ncc(C(F)(F)F)cc2Br)CC1. The summed E-state index contributed by atoms with van der Waals surface area (Å²) < 4.78 is 38.6. The van der Waals surface area contributed by atoms with Gasteiger partial charge >= 0.3 is 6.18 Å². The van der Waals surface area contributed by atoms with Crippen molar-refractivity contribution in [2.45, 2.75) is 45.8 Å². The third-order valence-electron chi connectivity index (χ3n) is 4.42. The van der Waals surface area contributed by atoms with E-state index in [0.717, 1.165) is 25.1 Å². The van der Waals surface area contributed by atoms with E-state index in [1.54, 1.807) is 4.90 Å². The largest absolute Gasteiger partial charge is 0.417 e. The number of alkyl halides is 3. The average Bonchev–Trinajstić information content (AvgIpc) is 2.52. The van der Waals surface area contributed by atoms with Crippen LogP contribution in [0.2, 0.25) is 0 Å². The Morgan fingerprint density at radius 1 is 1.28 bits per heavy atom. The first-order valence-corrected chi connectivity index (χ1v) is 8.95. The molecule has 1 aliphatic heterocycles. The van der Waals surface area contributed by atoms with Crippen LogP contribution in [0.25, 0.3) is 0 Å². The molecule has 0 unspecified atom stereocenters. The predicted octanol–water partition coefficient (Wildman–Crippen LogP) is 4.34. The number of nitrogens with zero attached hydrogens (tertiary/aromatic N) is 3. The molecule has 1 aliphatic rings. The van der Waals surface area contributed by atoms with E-state index in [1.807, 2.05) is 32.7 Å². The van der Waals surface area contributed by atoms with Crippen molar-refractivity contribution in [1.82, 2.24) is 9.88 Å². The van der Waals surface area contributed by atoms with Gasteiger partial charge in [-0.3, -0.25) is 4.79 Å². The van der Waals surface area contributed by atoms with Gasteiger partial charge in [0, 0.05) is 37.8 Å². The highest BCUT2D eigenvalue weighted by molar-refractivity contribution is 9.10. The maximum Gasteiger partial charge on any atom is 0.417 e. The molecule has 1 aromatic rings. The van der Waals surface area contributed by atoms with Crippen LogP contribution in [-0.2, 0) is 11.0 Å². The van der Waals surface area contributed by atoms with Gasteiger partial charge in [-0.05, 0) is 34.8 Å². The smallest absolute Gasteiger partial charge is 0.356 e. The summed E-state index contributed by atoms with van der Waals surface area (Å²) in [5, 5.41) is 0. The Kier molecular flexibility index (Phi) is 5.71. The van der Waals surface area contributed by atoms with Crippen LogP contribution in [0.3, 0.4) is 0 Å². The Balaban J connectivity index is 2.04. The van der Waals surface area contributed by atoms with Crippen molar-refractivity contribution in [2.75, 3.05) is 25.0 Å². The van der Waals surface area contributed by atoms with Crippen molar-refractivity contribution < 1.29 is 18.0 Å². The number of hydrogen-bond donors (Lipinski definition) is 0. The molecule has 2 rings (SSSR count). The third kappa shape index (κ3) is 4.65. The first-order chi connectivity index (χ1) is 11.4. The van der Waals surface area contributed by atoms with Gasteiger partial charge < -0.3 is 9.80 Å². The second kappa shape index (κ2) is 7.13. The minimum absolute atomic E-state index is 0.0970. The molecule has 4 nitrogen and oxygen atoms in total. The van der Waals surface area contributed by atoms with Crippen LogP contribution in [0.5, 0.6) is 0 Å². The molecule has 25 heavy (non-hydrogen) atoms. The predicted molar refractivity (Wildman–Crippen MR) is 94.4 cm³/mol. The van der Waals surface area contributed by atoms with Crippen LogP contribution in [0, 0.1) is 5.41 Å². The highest BCUT2D eigenvalue weighted by Gasteiger charge is 2.34. The lowest BCUT2D eigenvalue weighted by Crippen LogP contribution is -2.48. The van der Waals surface area contributed by atoms with Crippen molar-refractivity contribution in [3.63, 3.8) is 0 Å². The molecule has 0 aliphatic carbocycles. The number of hydrogen-bond acceptors (Lipinski definition) is 3. The summed E-state index contributed by atoms with van der Waals surface area (Å²) in [5.41, 5.74) is -1.20. The van der Waals surface area contributed by atoms with Crippen molar-refractivity contribution in [1.29, 1.82) is 0 Å². The number of pyridine rings is 1. The van der Waals surface area contributed by atoms with E-state index >= 15 is 0 Å². The molecule has 140 valence electrons. The standard InChI is InChI=1S/C17H23BrF3N3O/c1-16(2,3)15(25)23(4)12-5-7-24(8-6-12)14-13(18)9-11(10-22-14)17(19,20)21/h9-10,12H,5-8H2,1-4H3. The summed E-state index contributed by atoms with van der Waals surface area (Å²) in [6.45, 7) is 6.96. The first kappa shape index (κ1) is 20.0. The molecule has 0 aromatic carbocycles. The molecule has 0 radical (unpaired) electrons. The fraction of sp³-hybridized carbons (Fsp3) is 0.647. The van der Waals surface area contributed by atoms with E-state index in [2.05, 4.69) is 20.9 Å². The fourth-order valence-electron chi connectivity index (χ4n) is 2.98. The second-order valence-corrected chi connectivity index (χ2v) is 8.27. The quantitative estimate of drug-likeness (QED) is 0.712. The minimum atomic E-state index is -4.41. The molecular weight excluding hydrogens is 399 g/mol. The molecule has 0 spiro atoms. The van der Waals surface area contributed by atoms with Crippen LogP contribution in [0.15, 0.2) is 16.7 Å². The third-order valence-corrected chi connectivity index (χ3v) is 5.01. The Morgan fingerprint density at radius 2 is 1.84 bits per heavy atom. The van der Waals surface area contributed by atoms with Gasteiger partial charge in [0.05, 0.1) is 10.0 Å². The van der Waals surface area contributed by atoms with Gasteiger partial charge in [-0.1, -0.05) is 20.8 Å². The summed E-state index contributed by atoms with van der Waals surface area (Å²) in [7, 11) is 1.82. The van der Waals surface area contributed by atoms with Gasteiger partial charge in [-0.2, -0.15) is 13.2 Å². The maximum atomic E-state index is 12.7. The number of aromatic nitrogens is 1.